The minimum Gasteiger partial charge on any atom is -0.403 e. The third-order valence-electron chi connectivity index (χ3n) is 6.50. The Bertz CT molecular complexity index is 1570. The lowest BCUT2D eigenvalue weighted by atomic mass is 10.0. The summed E-state index contributed by atoms with van der Waals surface area (Å²) in [5.41, 5.74) is 3.46. The van der Waals surface area contributed by atoms with Crippen molar-refractivity contribution in [3.8, 4) is 11.5 Å². The van der Waals surface area contributed by atoms with E-state index in [0.717, 1.165) is 11.1 Å². The lowest BCUT2D eigenvalue weighted by Gasteiger charge is -2.31. The number of hydrogen-bond acceptors (Lipinski definition) is 9. The van der Waals surface area contributed by atoms with Gasteiger partial charge in [-0.2, -0.15) is 0 Å². The highest BCUT2D eigenvalue weighted by atomic mass is 16.5. The van der Waals surface area contributed by atoms with Gasteiger partial charge in [0, 0.05) is 37.3 Å². The molecule has 1 fully saturated rings. The van der Waals surface area contributed by atoms with E-state index in [1.54, 1.807) is 17.7 Å². The molecular weight excluding hydrogens is 486 g/mol. The van der Waals surface area contributed by atoms with Crippen molar-refractivity contribution in [2.75, 3.05) is 41.8 Å². The maximum atomic E-state index is 13.2. The summed E-state index contributed by atoms with van der Waals surface area (Å²) >= 11 is 0. The smallest absolute Gasteiger partial charge is 0.317 e. The van der Waals surface area contributed by atoms with Crippen LogP contribution < -0.4 is 21.1 Å². The maximum Gasteiger partial charge on any atom is 0.317 e. The lowest BCUT2D eigenvalue weighted by molar-refractivity contribution is -0.116. The van der Waals surface area contributed by atoms with Crippen LogP contribution in [0.5, 0.6) is 0 Å². The minimum atomic E-state index is -1.02. The van der Waals surface area contributed by atoms with Gasteiger partial charge in [-0.25, -0.2) is 4.99 Å². The quantitative estimate of drug-likeness (QED) is 0.419. The number of aliphatic imine (C=N–C) groups is 1. The highest BCUT2D eigenvalue weighted by molar-refractivity contribution is 6.19. The number of carbonyl (C=O) groups is 1. The van der Waals surface area contributed by atoms with E-state index in [0.29, 0.717) is 49.1 Å². The zero-order valence-corrected chi connectivity index (χ0v) is 20.6. The van der Waals surface area contributed by atoms with Gasteiger partial charge in [0.1, 0.15) is 5.82 Å². The first-order valence-electron chi connectivity index (χ1n) is 12.2. The molecule has 0 radical (unpaired) electrons. The van der Waals surface area contributed by atoms with Crippen LogP contribution in [0.4, 0.5) is 17.5 Å². The van der Waals surface area contributed by atoms with Crippen molar-refractivity contribution in [2.45, 2.75) is 6.17 Å². The summed E-state index contributed by atoms with van der Waals surface area (Å²) in [6, 6.07) is 20.3. The highest BCUT2D eigenvalue weighted by Gasteiger charge is 2.28. The number of benzodiazepines with no additional fused rings is 1. The van der Waals surface area contributed by atoms with Crippen LogP contribution in [-0.2, 0) is 16.6 Å². The number of ether oxygens (including phenoxy) is 1. The van der Waals surface area contributed by atoms with Gasteiger partial charge in [0.25, 0.3) is 17.4 Å². The van der Waals surface area contributed by atoms with Crippen LogP contribution in [-0.4, -0.2) is 58.9 Å². The Morgan fingerprint density at radius 2 is 1.68 bits per heavy atom. The van der Waals surface area contributed by atoms with Crippen molar-refractivity contribution in [3.05, 3.63) is 88.2 Å². The van der Waals surface area contributed by atoms with Crippen molar-refractivity contribution < 1.29 is 13.9 Å². The first kappa shape index (κ1) is 23.6. The average molecular weight is 512 g/mol. The van der Waals surface area contributed by atoms with Crippen LogP contribution in [0.2, 0.25) is 0 Å². The van der Waals surface area contributed by atoms with Crippen molar-refractivity contribution in [3.63, 3.8) is 0 Å². The maximum absolute atomic E-state index is 13.2. The molecule has 11 heteroatoms. The number of fused-ring (bicyclic) bond motifs is 1. The van der Waals surface area contributed by atoms with Gasteiger partial charge in [0.15, 0.2) is 0 Å². The number of aromatic nitrogens is 3. The van der Waals surface area contributed by atoms with E-state index in [1.165, 1.54) is 6.07 Å². The van der Waals surface area contributed by atoms with E-state index in [9.17, 15) is 9.59 Å². The minimum absolute atomic E-state index is 0.0315. The standard InChI is InChI=1S/C27H25N7O4/c1-33-21(35)12-11-19(26(33)34-13-15-37-16-14-34)25-31-32-27(38-25)30-23-24(36)28-20-10-6-5-9-18(20)22(29-23)17-7-3-2-4-8-17/h2-12,23H,13-16H2,1H3,(H,28,36)(H,30,32). The predicted molar refractivity (Wildman–Crippen MR) is 143 cm³/mol. The monoisotopic (exact) mass is 511 g/mol. The van der Waals surface area contributed by atoms with E-state index >= 15 is 0 Å². The lowest BCUT2D eigenvalue weighted by Crippen LogP contribution is -2.39. The van der Waals surface area contributed by atoms with E-state index in [-0.39, 0.29) is 23.4 Å². The molecule has 1 amide bonds. The summed E-state index contributed by atoms with van der Waals surface area (Å²) in [6.07, 6.45) is -1.02. The van der Waals surface area contributed by atoms with Crippen molar-refractivity contribution in [1.29, 1.82) is 0 Å². The largest absolute Gasteiger partial charge is 0.403 e. The van der Waals surface area contributed by atoms with Crippen molar-refractivity contribution >= 4 is 29.1 Å². The van der Waals surface area contributed by atoms with E-state index in [4.69, 9.17) is 14.1 Å². The van der Waals surface area contributed by atoms with Crippen LogP contribution in [0, 0.1) is 0 Å². The number of nitrogens with zero attached hydrogens (tertiary/aromatic N) is 5. The molecule has 0 spiro atoms. The summed E-state index contributed by atoms with van der Waals surface area (Å²) in [5.74, 6) is 0.524. The molecule has 38 heavy (non-hydrogen) atoms. The normalized spacial score (nSPS) is 17.3. The van der Waals surface area contributed by atoms with Gasteiger partial charge in [0.2, 0.25) is 6.17 Å². The molecule has 2 aliphatic heterocycles. The SMILES string of the molecule is Cn1c(N2CCOCC2)c(-c2nnc(NC3N=C(c4ccccc4)c4ccccc4NC3=O)o2)ccc1=O. The molecule has 2 aromatic carbocycles. The number of amides is 1. The molecule has 11 nitrogen and oxygen atoms in total. The van der Waals surface area contributed by atoms with Gasteiger partial charge in [-0.05, 0) is 12.1 Å². The fourth-order valence-electron chi connectivity index (χ4n) is 4.64. The van der Waals surface area contributed by atoms with Crippen molar-refractivity contribution in [2.24, 2.45) is 12.0 Å². The van der Waals surface area contributed by atoms with E-state index in [2.05, 4.69) is 25.7 Å². The van der Waals surface area contributed by atoms with E-state index < -0.39 is 6.17 Å². The Morgan fingerprint density at radius 1 is 0.921 bits per heavy atom. The molecule has 1 atom stereocenters. The highest BCUT2D eigenvalue weighted by Crippen LogP contribution is 2.30. The fourth-order valence-corrected chi connectivity index (χ4v) is 4.64. The number of hydrogen-bond donors (Lipinski definition) is 2. The zero-order chi connectivity index (χ0) is 26.1. The Morgan fingerprint density at radius 3 is 2.50 bits per heavy atom. The molecule has 4 heterocycles. The zero-order valence-electron chi connectivity index (χ0n) is 20.6. The second kappa shape index (κ2) is 9.94. The molecule has 4 aromatic rings. The second-order valence-electron chi connectivity index (χ2n) is 8.91. The van der Waals surface area contributed by atoms with Gasteiger partial charge in [-0.3, -0.25) is 14.2 Å². The molecule has 6 rings (SSSR count). The van der Waals surface area contributed by atoms with Crippen LogP contribution in [0.15, 0.2) is 80.9 Å². The Kier molecular flexibility index (Phi) is 6.18. The van der Waals surface area contributed by atoms with Crippen LogP contribution >= 0.6 is 0 Å². The molecular formula is C27H25N7O4. The summed E-state index contributed by atoms with van der Waals surface area (Å²) in [7, 11) is 1.71. The number of para-hydroxylation sites is 1. The Hall–Kier alpha value is -4.77. The number of pyridine rings is 1. The van der Waals surface area contributed by atoms with Crippen LogP contribution in [0.1, 0.15) is 11.1 Å². The number of rotatable bonds is 5. The van der Waals surface area contributed by atoms with Crippen LogP contribution in [0.3, 0.4) is 0 Å². The summed E-state index contributed by atoms with van der Waals surface area (Å²) in [4.78, 5) is 32.4. The molecule has 192 valence electrons. The predicted octanol–water partition coefficient (Wildman–Crippen LogP) is 2.50. The first-order chi connectivity index (χ1) is 18.6. The summed E-state index contributed by atoms with van der Waals surface area (Å²) in [6.45, 7) is 2.37. The number of anilines is 3. The fraction of sp³-hybridized carbons (Fsp3) is 0.222. The summed E-state index contributed by atoms with van der Waals surface area (Å²) < 4.78 is 13.0. The molecule has 2 aliphatic rings. The van der Waals surface area contributed by atoms with Gasteiger partial charge >= 0.3 is 6.01 Å². The van der Waals surface area contributed by atoms with Crippen molar-refractivity contribution in [1.82, 2.24) is 14.8 Å². The van der Waals surface area contributed by atoms with Gasteiger partial charge in [-0.15, -0.1) is 5.10 Å². The number of benzene rings is 2. The molecule has 0 saturated carbocycles. The Balaban J connectivity index is 1.35. The first-order valence-corrected chi connectivity index (χ1v) is 12.2. The molecule has 2 aromatic heterocycles. The number of carbonyl (C=O) groups excluding carboxylic acids is 1. The van der Waals surface area contributed by atoms with Gasteiger partial charge in [0.05, 0.1) is 30.2 Å². The third-order valence-corrected chi connectivity index (χ3v) is 6.50. The molecule has 0 bridgehead atoms. The number of nitrogens with one attached hydrogen (secondary N) is 2. The van der Waals surface area contributed by atoms with Gasteiger partial charge < -0.3 is 24.7 Å². The number of morpholine rings is 1. The topological polar surface area (TPSA) is 127 Å². The van der Waals surface area contributed by atoms with Crippen LogP contribution in [0.25, 0.3) is 11.5 Å². The summed E-state index contributed by atoms with van der Waals surface area (Å²) in [5, 5.41) is 14.3. The third kappa shape index (κ3) is 4.43. The van der Waals surface area contributed by atoms with E-state index in [1.807, 2.05) is 54.6 Å². The second-order valence-corrected chi connectivity index (χ2v) is 8.91. The molecule has 1 saturated heterocycles. The Labute approximate surface area is 217 Å². The molecule has 0 aliphatic carbocycles. The molecule has 2 N–H and O–H groups in total. The van der Waals surface area contributed by atoms with Gasteiger partial charge in [-0.1, -0.05) is 53.6 Å². The average Bonchev–Trinajstić information content (AvgIpc) is 3.36. The molecule has 1 unspecified atom stereocenters.